The smallest absolute Gasteiger partial charge is 0.214 e. The van der Waals surface area contributed by atoms with E-state index in [-0.39, 0.29) is 6.10 Å². The third-order valence-corrected chi connectivity index (χ3v) is 4.78. The topological polar surface area (TPSA) is 71.3 Å². The molecule has 8 heteroatoms. The summed E-state index contributed by atoms with van der Waals surface area (Å²) in [6.07, 6.45) is 3.74. The van der Waals surface area contributed by atoms with Crippen molar-refractivity contribution in [2.75, 3.05) is 26.6 Å². The van der Waals surface area contributed by atoms with Crippen LogP contribution in [0.4, 0.5) is 0 Å². The molecule has 3 rings (SSSR count). The van der Waals surface area contributed by atoms with E-state index in [1.54, 1.807) is 30.7 Å². The fourth-order valence-electron chi connectivity index (χ4n) is 2.49. The van der Waals surface area contributed by atoms with E-state index >= 15 is 0 Å². The minimum atomic E-state index is 0.270. The SMILES string of the molecule is COc1ccc(OC)c(-n2nnnc2SC[C@H]2CCCCO2)c1. The van der Waals surface area contributed by atoms with E-state index in [1.165, 1.54) is 6.42 Å². The van der Waals surface area contributed by atoms with E-state index in [1.807, 2.05) is 18.2 Å². The van der Waals surface area contributed by atoms with E-state index in [0.717, 1.165) is 36.6 Å². The average molecular weight is 336 g/mol. The number of nitrogens with zero attached hydrogens (tertiary/aromatic N) is 4. The van der Waals surface area contributed by atoms with Crippen molar-refractivity contribution >= 4 is 11.8 Å². The van der Waals surface area contributed by atoms with Crippen molar-refractivity contribution in [1.29, 1.82) is 0 Å². The normalized spacial score (nSPS) is 17.9. The Hall–Kier alpha value is -1.80. The summed E-state index contributed by atoms with van der Waals surface area (Å²) in [6, 6.07) is 5.54. The molecular formula is C15H20N4O3S. The zero-order valence-electron chi connectivity index (χ0n) is 13.3. The van der Waals surface area contributed by atoms with Crippen LogP contribution in [0.2, 0.25) is 0 Å². The van der Waals surface area contributed by atoms with Crippen LogP contribution in [-0.2, 0) is 4.74 Å². The summed E-state index contributed by atoms with van der Waals surface area (Å²) in [5.41, 5.74) is 0.754. The van der Waals surface area contributed by atoms with Gasteiger partial charge in [0.2, 0.25) is 5.16 Å². The van der Waals surface area contributed by atoms with Gasteiger partial charge in [0.1, 0.15) is 17.2 Å². The highest BCUT2D eigenvalue weighted by molar-refractivity contribution is 7.99. The van der Waals surface area contributed by atoms with Crippen molar-refractivity contribution in [2.45, 2.75) is 30.5 Å². The fraction of sp³-hybridized carbons (Fsp3) is 0.533. The molecule has 1 aliphatic heterocycles. The van der Waals surface area contributed by atoms with Gasteiger partial charge in [0.15, 0.2) is 0 Å². The molecule has 2 heterocycles. The summed E-state index contributed by atoms with van der Waals surface area (Å²) in [5.74, 6) is 2.25. The van der Waals surface area contributed by atoms with Gasteiger partial charge in [-0.15, -0.1) is 5.10 Å². The highest BCUT2D eigenvalue weighted by atomic mass is 32.2. The van der Waals surface area contributed by atoms with Crippen molar-refractivity contribution < 1.29 is 14.2 Å². The minimum Gasteiger partial charge on any atom is -0.497 e. The first-order chi connectivity index (χ1) is 11.3. The van der Waals surface area contributed by atoms with Gasteiger partial charge in [-0.05, 0) is 41.8 Å². The Morgan fingerprint density at radius 1 is 1.30 bits per heavy atom. The highest BCUT2D eigenvalue weighted by Crippen LogP contribution is 2.30. The Morgan fingerprint density at radius 2 is 2.22 bits per heavy atom. The molecule has 23 heavy (non-hydrogen) atoms. The molecule has 2 aromatic rings. The maximum atomic E-state index is 5.76. The predicted octanol–water partition coefficient (Wildman–Crippen LogP) is 2.34. The van der Waals surface area contributed by atoms with Gasteiger partial charge < -0.3 is 14.2 Å². The molecule has 0 saturated carbocycles. The quantitative estimate of drug-likeness (QED) is 0.750. The fourth-order valence-corrected chi connectivity index (χ4v) is 3.44. The molecule has 0 spiro atoms. The van der Waals surface area contributed by atoms with Crippen molar-refractivity contribution in [3.8, 4) is 17.2 Å². The molecule has 0 N–H and O–H groups in total. The van der Waals surface area contributed by atoms with Gasteiger partial charge in [0.25, 0.3) is 0 Å². The van der Waals surface area contributed by atoms with Gasteiger partial charge in [-0.25, -0.2) is 0 Å². The van der Waals surface area contributed by atoms with Crippen molar-refractivity contribution in [1.82, 2.24) is 20.2 Å². The summed E-state index contributed by atoms with van der Waals surface area (Å²) >= 11 is 1.59. The number of methoxy groups -OCH3 is 2. The van der Waals surface area contributed by atoms with Crippen LogP contribution in [0.3, 0.4) is 0 Å². The van der Waals surface area contributed by atoms with E-state index in [9.17, 15) is 0 Å². The van der Waals surface area contributed by atoms with Gasteiger partial charge in [-0.3, -0.25) is 0 Å². The van der Waals surface area contributed by atoms with Crippen LogP contribution < -0.4 is 9.47 Å². The summed E-state index contributed by atoms with van der Waals surface area (Å²) in [5, 5.41) is 12.7. The first-order valence-corrected chi connectivity index (χ1v) is 8.55. The van der Waals surface area contributed by atoms with Gasteiger partial charge in [0.05, 0.1) is 20.3 Å². The lowest BCUT2D eigenvalue weighted by Crippen LogP contribution is -2.21. The van der Waals surface area contributed by atoms with E-state index < -0.39 is 0 Å². The van der Waals surface area contributed by atoms with E-state index in [0.29, 0.717) is 10.9 Å². The van der Waals surface area contributed by atoms with Gasteiger partial charge in [0, 0.05) is 18.4 Å². The molecule has 1 saturated heterocycles. The summed E-state index contributed by atoms with van der Waals surface area (Å²) in [4.78, 5) is 0. The summed E-state index contributed by atoms with van der Waals surface area (Å²) < 4.78 is 18.1. The number of aromatic nitrogens is 4. The third kappa shape index (κ3) is 3.76. The lowest BCUT2D eigenvalue weighted by molar-refractivity contribution is 0.0315. The summed E-state index contributed by atoms with van der Waals surface area (Å²) in [6.45, 7) is 0.847. The number of tetrazole rings is 1. The van der Waals surface area contributed by atoms with Crippen molar-refractivity contribution in [2.24, 2.45) is 0 Å². The Balaban J connectivity index is 1.79. The van der Waals surface area contributed by atoms with Gasteiger partial charge >= 0.3 is 0 Å². The zero-order chi connectivity index (χ0) is 16.1. The van der Waals surface area contributed by atoms with Crippen LogP contribution in [0.15, 0.2) is 23.4 Å². The first-order valence-electron chi connectivity index (χ1n) is 7.57. The number of rotatable bonds is 6. The number of ether oxygens (including phenoxy) is 3. The second kappa shape index (κ2) is 7.65. The van der Waals surface area contributed by atoms with Crippen LogP contribution in [0.1, 0.15) is 19.3 Å². The molecule has 124 valence electrons. The molecule has 1 aromatic heterocycles. The molecule has 1 fully saturated rings. The molecule has 0 radical (unpaired) electrons. The maximum Gasteiger partial charge on any atom is 0.214 e. The van der Waals surface area contributed by atoms with Gasteiger partial charge in [-0.1, -0.05) is 11.8 Å². The molecular weight excluding hydrogens is 316 g/mol. The Morgan fingerprint density at radius 3 is 2.96 bits per heavy atom. The van der Waals surface area contributed by atoms with E-state index in [2.05, 4.69) is 15.5 Å². The van der Waals surface area contributed by atoms with E-state index in [4.69, 9.17) is 14.2 Å². The van der Waals surface area contributed by atoms with Crippen LogP contribution >= 0.6 is 11.8 Å². The number of hydrogen-bond acceptors (Lipinski definition) is 7. The van der Waals surface area contributed by atoms with Crippen molar-refractivity contribution in [3.63, 3.8) is 0 Å². The lowest BCUT2D eigenvalue weighted by atomic mass is 10.1. The zero-order valence-corrected chi connectivity index (χ0v) is 14.1. The van der Waals surface area contributed by atoms with Gasteiger partial charge in [-0.2, -0.15) is 4.68 Å². The number of thioether (sulfide) groups is 1. The van der Waals surface area contributed by atoms with Crippen LogP contribution in [0.25, 0.3) is 5.69 Å². The average Bonchev–Trinajstić information content (AvgIpc) is 3.08. The third-order valence-electron chi connectivity index (χ3n) is 3.73. The second-order valence-corrected chi connectivity index (χ2v) is 6.20. The molecule has 1 atom stereocenters. The molecule has 0 amide bonds. The predicted molar refractivity (Wildman–Crippen MR) is 86.6 cm³/mol. The first kappa shape index (κ1) is 16.1. The Labute approximate surface area is 139 Å². The number of hydrogen-bond donors (Lipinski definition) is 0. The van der Waals surface area contributed by atoms with Crippen LogP contribution in [0.5, 0.6) is 11.5 Å². The molecule has 0 aliphatic carbocycles. The molecule has 1 aromatic carbocycles. The lowest BCUT2D eigenvalue weighted by Gasteiger charge is -2.21. The summed E-state index contributed by atoms with van der Waals surface area (Å²) in [7, 11) is 3.25. The largest absolute Gasteiger partial charge is 0.497 e. The second-order valence-electron chi connectivity index (χ2n) is 5.21. The monoisotopic (exact) mass is 336 g/mol. The van der Waals surface area contributed by atoms with Crippen LogP contribution in [-0.4, -0.2) is 52.9 Å². The minimum absolute atomic E-state index is 0.270. The number of benzene rings is 1. The standard InChI is InChI=1S/C15H20N4O3S/c1-20-11-6-7-14(21-2)13(9-11)19-15(16-17-18-19)23-10-12-5-3-4-8-22-12/h6-7,9,12H,3-5,8,10H2,1-2H3/t12-/m1/s1. The Kier molecular flexibility index (Phi) is 5.35. The van der Waals surface area contributed by atoms with Crippen molar-refractivity contribution in [3.05, 3.63) is 18.2 Å². The maximum absolute atomic E-state index is 5.76. The molecule has 0 unspecified atom stereocenters. The molecule has 1 aliphatic rings. The molecule has 0 bridgehead atoms. The highest BCUT2D eigenvalue weighted by Gasteiger charge is 2.18. The molecule has 7 nitrogen and oxygen atoms in total. The Bertz CT molecular complexity index is 643. The van der Waals surface area contributed by atoms with Crippen LogP contribution in [0, 0.1) is 0 Å².